The number of aliphatic hydroxyl groups is 1. The third-order valence-corrected chi connectivity index (χ3v) is 2.53. The number of ether oxygens (including phenoxy) is 1. The Kier molecular flexibility index (Phi) is 4.37. The monoisotopic (exact) mass is 294 g/mol. The summed E-state index contributed by atoms with van der Waals surface area (Å²) in [6, 6.07) is 1.88. The fraction of sp³-hybridized carbons (Fsp3) is 0.300. The molecule has 0 saturated heterocycles. The predicted molar refractivity (Wildman–Crippen MR) is 55.8 cm³/mol. The SMILES string of the molecule is COC(=O)C(O)Cc1cc(F)cc(Br)c1F. The molecule has 0 spiro atoms. The van der Waals surface area contributed by atoms with Crippen molar-refractivity contribution in [3.8, 4) is 0 Å². The highest BCUT2D eigenvalue weighted by atomic mass is 79.9. The van der Waals surface area contributed by atoms with Gasteiger partial charge in [0.25, 0.3) is 0 Å². The van der Waals surface area contributed by atoms with Crippen molar-refractivity contribution in [2.45, 2.75) is 12.5 Å². The van der Waals surface area contributed by atoms with Gasteiger partial charge in [0.1, 0.15) is 11.6 Å². The molecule has 1 unspecified atom stereocenters. The number of carbonyl (C=O) groups is 1. The van der Waals surface area contributed by atoms with E-state index >= 15 is 0 Å². The molecule has 16 heavy (non-hydrogen) atoms. The van der Waals surface area contributed by atoms with Crippen LogP contribution in [0.2, 0.25) is 0 Å². The molecule has 1 aromatic carbocycles. The van der Waals surface area contributed by atoms with Crippen molar-refractivity contribution >= 4 is 21.9 Å². The van der Waals surface area contributed by atoms with E-state index in [0.717, 1.165) is 19.2 Å². The van der Waals surface area contributed by atoms with Crippen LogP contribution in [0, 0.1) is 11.6 Å². The highest BCUT2D eigenvalue weighted by Crippen LogP contribution is 2.22. The van der Waals surface area contributed by atoms with Crippen LogP contribution in [0.25, 0.3) is 0 Å². The van der Waals surface area contributed by atoms with E-state index in [-0.39, 0.29) is 16.5 Å². The van der Waals surface area contributed by atoms with E-state index in [0.29, 0.717) is 0 Å². The Hall–Kier alpha value is -1.01. The van der Waals surface area contributed by atoms with E-state index in [2.05, 4.69) is 20.7 Å². The molecule has 1 rings (SSSR count). The number of benzene rings is 1. The van der Waals surface area contributed by atoms with Crippen LogP contribution in [0.1, 0.15) is 5.56 Å². The van der Waals surface area contributed by atoms with Gasteiger partial charge in [-0.25, -0.2) is 13.6 Å². The van der Waals surface area contributed by atoms with E-state index in [4.69, 9.17) is 0 Å². The maximum absolute atomic E-state index is 13.4. The minimum Gasteiger partial charge on any atom is -0.467 e. The normalized spacial score (nSPS) is 12.3. The van der Waals surface area contributed by atoms with E-state index in [1.807, 2.05) is 0 Å². The zero-order chi connectivity index (χ0) is 12.3. The first-order chi connectivity index (χ1) is 7.45. The summed E-state index contributed by atoms with van der Waals surface area (Å²) in [7, 11) is 1.10. The summed E-state index contributed by atoms with van der Waals surface area (Å²) < 4.78 is 30.6. The van der Waals surface area contributed by atoms with Gasteiger partial charge in [0, 0.05) is 6.42 Å². The molecule has 0 aliphatic heterocycles. The molecule has 0 heterocycles. The predicted octanol–water partition coefficient (Wildman–Crippen LogP) is 1.80. The maximum Gasteiger partial charge on any atom is 0.335 e. The number of aliphatic hydroxyl groups excluding tert-OH is 1. The second kappa shape index (κ2) is 5.36. The Morgan fingerprint density at radius 1 is 1.56 bits per heavy atom. The number of hydrogen-bond donors (Lipinski definition) is 1. The lowest BCUT2D eigenvalue weighted by molar-refractivity contribution is -0.150. The van der Waals surface area contributed by atoms with E-state index in [9.17, 15) is 18.7 Å². The molecule has 3 nitrogen and oxygen atoms in total. The minimum absolute atomic E-state index is 0.0560. The molecule has 1 N–H and O–H groups in total. The average molecular weight is 295 g/mol. The largest absolute Gasteiger partial charge is 0.467 e. The number of methoxy groups -OCH3 is 1. The molecular weight excluding hydrogens is 286 g/mol. The van der Waals surface area contributed by atoms with Gasteiger partial charge in [-0.3, -0.25) is 0 Å². The molecular formula is C10H9BrF2O3. The fourth-order valence-electron chi connectivity index (χ4n) is 1.19. The van der Waals surface area contributed by atoms with Crippen LogP contribution in [0.15, 0.2) is 16.6 Å². The van der Waals surface area contributed by atoms with Crippen LogP contribution in [0.4, 0.5) is 8.78 Å². The summed E-state index contributed by atoms with van der Waals surface area (Å²) in [6.45, 7) is 0. The van der Waals surface area contributed by atoms with Crippen molar-refractivity contribution < 1.29 is 23.4 Å². The fourth-order valence-corrected chi connectivity index (χ4v) is 1.66. The number of carbonyl (C=O) groups excluding carboxylic acids is 1. The topological polar surface area (TPSA) is 46.5 Å². The van der Waals surface area contributed by atoms with Gasteiger partial charge >= 0.3 is 5.97 Å². The molecule has 0 aliphatic carbocycles. The van der Waals surface area contributed by atoms with Crippen molar-refractivity contribution in [1.29, 1.82) is 0 Å². The number of rotatable bonds is 3. The summed E-state index contributed by atoms with van der Waals surface area (Å²) in [4.78, 5) is 10.9. The third kappa shape index (κ3) is 2.99. The first kappa shape index (κ1) is 13.1. The van der Waals surface area contributed by atoms with Gasteiger partial charge in [-0.2, -0.15) is 0 Å². The molecule has 0 aliphatic rings. The van der Waals surface area contributed by atoms with Gasteiger partial charge in [-0.05, 0) is 33.6 Å². The zero-order valence-corrected chi connectivity index (χ0v) is 9.92. The second-order valence-corrected chi connectivity index (χ2v) is 3.96. The molecule has 0 fully saturated rings. The number of hydrogen-bond acceptors (Lipinski definition) is 3. The molecule has 0 amide bonds. The summed E-state index contributed by atoms with van der Waals surface area (Å²) in [5.41, 5.74) is -0.0928. The number of esters is 1. The first-order valence-corrected chi connectivity index (χ1v) is 5.14. The van der Waals surface area contributed by atoms with Crippen molar-refractivity contribution in [3.63, 3.8) is 0 Å². The lowest BCUT2D eigenvalue weighted by Crippen LogP contribution is -2.24. The van der Waals surface area contributed by atoms with E-state index < -0.39 is 23.7 Å². The first-order valence-electron chi connectivity index (χ1n) is 4.35. The Bertz CT molecular complexity index is 409. The summed E-state index contributed by atoms with van der Waals surface area (Å²) >= 11 is 2.83. The van der Waals surface area contributed by atoms with Gasteiger partial charge in [0.15, 0.2) is 6.10 Å². The maximum atomic E-state index is 13.4. The van der Waals surface area contributed by atoms with Crippen LogP contribution in [-0.2, 0) is 16.0 Å². The van der Waals surface area contributed by atoms with Gasteiger partial charge < -0.3 is 9.84 Å². The number of halogens is 3. The molecule has 1 atom stereocenters. The molecule has 0 aromatic heterocycles. The summed E-state index contributed by atoms with van der Waals surface area (Å²) in [5, 5.41) is 9.30. The summed E-state index contributed by atoms with van der Waals surface area (Å²) in [5.74, 6) is -2.25. The van der Waals surface area contributed by atoms with Gasteiger partial charge in [-0.15, -0.1) is 0 Å². The zero-order valence-electron chi connectivity index (χ0n) is 8.34. The lowest BCUT2D eigenvalue weighted by Gasteiger charge is -2.09. The molecule has 0 radical (unpaired) electrons. The lowest BCUT2D eigenvalue weighted by atomic mass is 10.1. The van der Waals surface area contributed by atoms with Crippen LogP contribution < -0.4 is 0 Å². The minimum atomic E-state index is -1.51. The third-order valence-electron chi connectivity index (χ3n) is 1.95. The van der Waals surface area contributed by atoms with Crippen molar-refractivity contribution in [1.82, 2.24) is 0 Å². The van der Waals surface area contributed by atoms with Crippen LogP contribution in [-0.4, -0.2) is 24.3 Å². The molecule has 6 heteroatoms. The molecule has 0 saturated carbocycles. The van der Waals surface area contributed by atoms with Crippen molar-refractivity contribution in [2.24, 2.45) is 0 Å². The highest BCUT2D eigenvalue weighted by molar-refractivity contribution is 9.10. The Balaban J connectivity index is 2.93. The van der Waals surface area contributed by atoms with Gasteiger partial charge in [0.2, 0.25) is 0 Å². The van der Waals surface area contributed by atoms with Gasteiger partial charge in [0.05, 0.1) is 11.6 Å². The van der Waals surface area contributed by atoms with Crippen molar-refractivity contribution in [2.75, 3.05) is 7.11 Å². The standard InChI is InChI=1S/C10H9BrF2O3/c1-16-10(15)8(14)3-5-2-6(12)4-7(11)9(5)13/h2,4,8,14H,3H2,1H3. The Labute approximate surface area is 99.2 Å². The van der Waals surface area contributed by atoms with E-state index in [1.54, 1.807) is 0 Å². The van der Waals surface area contributed by atoms with Gasteiger partial charge in [-0.1, -0.05) is 0 Å². The summed E-state index contributed by atoms with van der Waals surface area (Å²) in [6.07, 6.45) is -1.84. The van der Waals surface area contributed by atoms with Crippen molar-refractivity contribution in [3.05, 3.63) is 33.8 Å². The molecule has 88 valence electrons. The van der Waals surface area contributed by atoms with E-state index in [1.165, 1.54) is 0 Å². The van der Waals surface area contributed by atoms with Crippen LogP contribution in [0.3, 0.4) is 0 Å². The van der Waals surface area contributed by atoms with Crippen LogP contribution >= 0.6 is 15.9 Å². The molecule has 1 aromatic rings. The highest BCUT2D eigenvalue weighted by Gasteiger charge is 2.19. The average Bonchev–Trinajstić information content (AvgIpc) is 2.23. The Morgan fingerprint density at radius 2 is 2.19 bits per heavy atom. The second-order valence-electron chi connectivity index (χ2n) is 3.10. The smallest absolute Gasteiger partial charge is 0.335 e. The van der Waals surface area contributed by atoms with Crippen LogP contribution in [0.5, 0.6) is 0 Å². The quantitative estimate of drug-likeness (QED) is 0.683. The molecule has 0 bridgehead atoms. The Morgan fingerprint density at radius 3 is 2.75 bits per heavy atom.